The van der Waals surface area contributed by atoms with E-state index in [0.717, 1.165) is 0 Å². The highest BCUT2D eigenvalue weighted by Gasteiger charge is 2.15. The summed E-state index contributed by atoms with van der Waals surface area (Å²) < 4.78 is 4.34. The van der Waals surface area contributed by atoms with Gasteiger partial charge < -0.3 is 30.3 Å². The number of phenols is 4. The van der Waals surface area contributed by atoms with E-state index in [4.69, 9.17) is 25.5 Å². The fraction of sp³-hybridized carbons (Fsp3) is 0.0667. The molecule has 0 aliphatic rings. The van der Waals surface area contributed by atoms with E-state index in [9.17, 15) is 9.59 Å². The Morgan fingerprint density at radius 2 is 1.13 bits per heavy atom. The first-order valence-electron chi connectivity index (χ1n) is 6.13. The minimum atomic E-state index is -1.35. The normalized spacial score (nSPS) is 9.43. The van der Waals surface area contributed by atoms with Crippen molar-refractivity contribution < 1.29 is 39.9 Å². The zero-order chi connectivity index (χ0) is 17.6. The van der Waals surface area contributed by atoms with Crippen molar-refractivity contribution in [2.24, 2.45) is 0 Å². The van der Waals surface area contributed by atoms with Gasteiger partial charge in [-0.3, -0.25) is 0 Å². The van der Waals surface area contributed by atoms with Gasteiger partial charge in [-0.05, 0) is 24.3 Å². The molecular weight excluding hydrogens is 308 g/mol. The summed E-state index contributed by atoms with van der Waals surface area (Å²) in [6.07, 6.45) is 0. The number of aromatic carboxylic acids is 1. The molecule has 0 saturated heterocycles. The first-order valence-corrected chi connectivity index (χ1v) is 6.13. The van der Waals surface area contributed by atoms with E-state index < -0.39 is 29.0 Å². The highest BCUT2D eigenvalue weighted by atomic mass is 16.5. The zero-order valence-corrected chi connectivity index (χ0v) is 11.9. The summed E-state index contributed by atoms with van der Waals surface area (Å²) in [4.78, 5) is 21.2. The Morgan fingerprint density at radius 3 is 1.39 bits per heavy atom. The van der Waals surface area contributed by atoms with Gasteiger partial charge in [0, 0.05) is 0 Å². The molecule has 0 bridgehead atoms. The molecule has 0 aromatic heterocycles. The molecule has 122 valence electrons. The largest absolute Gasteiger partial charge is 0.507 e. The molecule has 0 unspecified atom stereocenters. The second-order valence-electron chi connectivity index (χ2n) is 4.14. The van der Waals surface area contributed by atoms with Gasteiger partial charge in [0.2, 0.25) is 0 Å². The monoisotopic (exact) mass is 322 g/mol. The third-order valence-electron chi connectivity index (χ3n) is 2.64. The maximum Gasteiger partial charge on any atom is 0.345 e. The molecule has 23 heavy (non-hydrogen) atoms. The number of carbonyl (C=O) groups is 2. The predicted octanol–water partition coefficient (Wildman–Crippen LogP) is 1.68. The molecule has 0 aliphatic heterocycles. The molecule has 0 fully saturated rings. The van der Waals surface area contributed by atoms with Crippen LogP contribution in [0.5, 0.6) is 23.0 Å². The predicted molar refractivity (Wildman–Crippen MR) is 77.8 cm³/mol. The topological polar surface area (TPSA) is 145 Å². The van der Waals surface area contributed by atoms with E-state index in [1.165, 1.54) is 43.5 Å². The van der Waals surface area contributed by atoms with Crippen LogP contribution in [-0.2, 0) is 4.74 Å². The van der Waals surface area contributed by atoms with Crippen LogP contribution < -0.4 is 0 Å². The Labute approximate surface area is 130 Å². The van der Waals surface area contributed by atoms with Crippen molar-refractivity contribution in [2.75, 3.05) is 7.11 Å². The van der Waals surface area contributed by atoms with Gasteiger partial charge in [-0.15, -0.1) is 0 Å². The molecule has 5 N–H and O–H groups in total. The number of phenolic OH excluding ortho intramolecular Hbond substituents is 2. The van der Waals surface area contributed by atoms with Crippen LogP contribution in [0.2, 0.25) is 0 Å². The molecule has 0 aliphatic carbocycles. The van der Waals surface area contributed by atoms with E-state index in [-0.39, 0.29) is 17.1 Å². The lowest BCUT2D eigenvalue weighted by atomic mass is 10.2. The number of aromatic hydroxyl groups is 4. The fourth-order valence-electron chi connectivity index (χ4n) is 1.59. The summed E-state index contributed by atoms with van der Waals surface area (Å²) in [5.41, 5.74) is -0.674. The standard InChI is InChI=1S/C8H8O4.C7H6O4/c1-12-8(11)7-5(9)3-2-4-6(7)10;8-4-2-1-3-5(9)6(4)7(10)11/h2-4,9-10H,1H3;1-3,8-9H,(H,10,11). The lowest BCUT2D eigenvalue weighted by Crippen LogP contribution is -2.01. The van der Waals surface area contributed by atoms with Gasteiger partial charge in [0.1, 0.15) is 34.1 Å². The number of ether oxygens (including phenoxy) is 1. The van der Waals surface area contributed by atoms with Crippen molar-refractivity contribution >= 4 is 11.9 Å². The number of benzene rings is 2. The van der Waals surface area contributed by atoms with Crippen LogP contribution in [0.15, 0.2) is 36.4 Å². The van der Waals surface area contributed by atoms with E-state index in [1.807, 2.05) is 0 Å². The van der Waals surface area contributed by atoms with Gasteiger partial charge in [-0.2, -0.15) is 0 Å². The van der Waals surface area contributed by atoms with Crippen molar-refractivity contribution in [3.63, 3.8) is 0 Å². The van der Waals surface area contributed by atoms with Crippen LogP contribution >= 0.6 is 0 Å². The summed E-state index contributed by atoms with van der Waals surface area (Å²) in [5, 5.41) is 44.5. The van der Waals surface area contributed by atoms with Gasteiger partial charge in [0.25, 0.3) is 0 Å². The average molecular weight is 322 g/mol. The minimum absolute atomic E-state index is 0.208. The van der Waals surface area contributed by atoms with Crippen LogP contribution in [0.25, 0.3) is 0 Å². The molecule has 2 aromatic rings. The molecule has 8 heteroatoms. The molecule has 2 rings (SSSR count). The molecular formula is C15H14O8. The second kappa shape index (κ2) is 7.55. The summed E-state index contributed by atoms with van der Waals surface area (Å²) in [6, 6.07) is 7.78. The lowest BCUT2D eigenvalue weighted by Gasteiger charge is -2.03. The van der Waals surface area contributed by atoms with Crippen molar-refractivity contribution in [3.8, 4) is 23.0 Å². The highest BCUT2D eigenvalue weighted by Crippen LogP contribution is 2.26. The third-order valence-corrected chi connectivity index (χ3v) is 2.64. The van der Waals surface area contributed by atoms with Gasteiger partial charge in [-0.1, -0.05) is 12.1 Å². The lowest BCUT2D eigenvalue weighted by molar-refractivity contribution is 0.0593. The minimum Gasteiger partial charge on any atom is -0.507 e. The van der Waals surface area contributed by atoms with Gasteiger partial charge in [-0.25, -0.2) is 9.59 Å². The van der Waals surface area contributed by atoms with Crippen LogP contribution in [0.3, 0.4) is 0 Å². The fourth-order valence-corrected chi connectivity index (χ4v) is 1.59. The zero-order valence-electron chi connectivity index (χ0n) is 11.9. The van der Waals surface area contributed by atoms with Gasteiger partial charge in [0.15, 0.2) is 0 Å². The van der Waals surface area contributed by atoms with Crippen LogP contribution in [0.4, 0.5) is 0 Å². The van der Waals surface area contributed by atoms with Crippen molar-refractivity contribution in [1.82, 2.24) is 0 Å². The molecule has 0 amide bonds. The SMILES string of the molecule is COC(=O)c1c(O)cccc1O.O=C(O)c1c(O)cccc1O. The van der Waals surface area contributed by atoms with Gasteiger partial charge >= 0.3 is 11.9 Å². The molecule has 0 saturated carbocycles. The second-order valence-corrected chi connectivity index (χ2v) is 4.14. The Kier molecular flexibility index (Phi) is 5.79. The number of carboxylic acid groups (broad SMARTS) is 1. The molecule has 0 atom stereocenters. The van der Waals surface area contributed by atoms with E-state index in [2.05, 4.69) is 4.74 Å². The van der Waals surface area contributed by atoms with E-state index in [1.54, 1.807) is 0 Å². The van der Waals surface area contributed by atoms with Crippen molar-refractivity contribution in [2.45, 2.75) is 0 Å². The first-order chi connectivity index (χ1) is 10.8. The smallest absolute Gasteiger partial charge is 0.345 e. The Balaban J connectivity index is 0.000000231. The van der Waals surface area contributed by atoms with Crippen molar-refractivity contribution in [3.05, 3.63) is 47.5 Å². The average Bonchev–Trinajstić information content (AvgIpc) is 2.47. The van der Waals surface area contributed by atoms with E-state index >= 15 is 0 Å². The van der Waals surface area contributed by atoms with E-state index in [0.29, 0.717) is 0 Å². The number of hydrogen-bond acceptors (Lipinski definition) is 7. The van der Waals surface area contributed by atoms with Crippen LogP contribution in [0, 0.1) is 0 Å². The molecule has 8 nitrogen and oxygen atoms in total. The summed E-state index contributed by atoms with van der Waals surface area (Å²) in [5.74, 6) is -3.55. The number of rotatable bonds is 2. The maximum atomic E-state index is 10.9. The molecule has 0 radical (unpaired) electrons. The number of methoxy groups -OCH3 is 1. The Morgan fingerprint density at radius 1 is 0.783 bits per heavy atom. The summed E-state index contributed by atoms with van der Waals surface area (Å²) in [7, 11) is 1.17. The Bertz CT molecular complexity index is 683. The van der Waals surface area contributed by atoms with Crippen LogP contribution in [0.1, 0.15) is 20.7 Å². The summed E-state index contributed by atoms with van der Waals surface area (Å²) >= 11 is 0. The quantitative estimate of drug-likeness (QED) is 0.525. The van der Waals surface area contributed by atoms with Crippen molar-refractivity contribution in [1.29, 1.82) is 0 Å². The maximum absolute atomic E-state index is 10.9. The van der Waals surface area contributed by atoms with Crippen LogP contribution in [-0.4, -0.2) is 44.6 Å². The highest BCUT2D eigenvalue weighted by molar-refractivity contribution is 5.95. The summed E-state index contributed by atoms with van der Waals surface area (Å²) in [6.45, 7) is 0. The number of carbonyl (C=O) groups excluding carboxylic acids is 1. The van der Waals surface area contributed by atoms with Gasteiger partial charge in [0.05, 0.1) is 7.11 Å². The molecule has 2 aromatic carbocycles. The number of esters is 1. The third kappa shape index (κ3) is 4.27. The molecule has 0 spiro atoms. The number of hydrogen-bond donors (Lipinski definition) is 5. The Hall–Kier alpha value is -3.42. The molecule has 0 heterocycles. The first kappa shape index (κ1) is 17.6. The number of carboxylic acids is 1.